The molecule has 3 heteroatoms. The van der Waals surface area contributed by atoms with Crippen LogP contribution in [0.25, 0.3) is 0 Å². The van der Waals surface area contributed by atoms with Crippen molar-refractivity contribution in [2.24, 2.45) is 0 Å². The highest BCUT2D eigenvalue weighted by Crippen LogP contribution is 2.45. The summed E-state index contributed by atoms with van der Waals surface area (Å²) in [6.07, 6.45) is 5.54. The zero-order valence-electron chi connectivity index (χ0n) is 16.4. The first-order valence-electron chi connectivity index (χ1n) is 10.1. The number of hydrogen-bond acceptors (Lipinski definition) is 2. The van der Waals surface area contributed by atoms with Gasteiger partial charge in [-0.05, 0) is 65.4 Å². The van der Waals surface area contributed by atoms with E-state index in [1.165, 1.54) is 18.4 Å². The number of carbonyl (C=O) groups is 1. The molecule has 0 bridgehead atoms. The molecule has 0 radical (unpaired) electrons. The molecule has 0 spiro atoms. The standard InChI is InChI=1S/C22H34N2O/c1-17(2)23(18(3)4)15-13-22(19-10-6-5-7-11-19)16-20-12-8-9-14-24(20)21(22)25/h5-7,10-11,17-18,20H,8-9,12-16H2,1-4H3. The molecule has 2 aliphatic heterocycles. The number of amides is 1. The van der Waals surface area contributed by atoms with Gasteiger partial charge in [-0.2, -0.15) is 0 Å². The van der Waals surface area contributed by atoms with Crippen LogP contribution in [0.4, 0.5) is 0 Å². The summed E-state index contributed by atoms with van der Waals surface area (Å²) in [6, 6.07) is 12.0. The van der Waals surface area contributed by atoms with Crippen LogP contribution >= 0.6 is 0 Å². The Labute approximate surface area is 153 Å². The fourth-order valence-corrected chi connectivity index (χ4v) is 5.03. The van der Waals surface area contributed by atoms with Gasteiger partial charge in [0.05, 0.1) is 5.41 Å². The minimum atomic E-state index is -0.321. The molecular weight excluding hydrogens is 308 g/mol. The Kier molecular flexibility index (Phi) is 5.52. The number of carbonyl (C=O) groups excluding carboxylic acids is 1. The molecule has 2 aliphatic rings. The van der Waals surface area contributed by atoms with Crippen LogP contribution in [0.5, 0.6) is 0 Å². The molecule has 25 heavy (non-hydrogen) atoms. The Bertz CT molecular complexity index is 575. The van der Waals surface area contributed by atoms with Crippen LogP contribution < -0.4 is 0 Å². The fourth-order valence-electron chi connectivity index (χ4n) is 5.03. The lowest BCUT2D eigenvalue weighted by Crippen LogP contribution is -2.45. The molecule has 1 aromatic carbocycles. The second-order valence-corrected chi connectivity index (χ2v) is 8.48. The van der Waals surface area contributed by atoms with E-state index in [4.69, 9.17) is 0 Å². The highest BCUT2D eigenvalue weighted by atomic mass is 16.2. The number of rotatable bonds is 6. The second kappa shape index (κ2) is 7.49. The quantitative estimate of drug-likeness (QED) is 0.773. The van der Waals surface area contributed by atoms with Crippen molar-refractivity contribution in [2.45, 2.75) is 83.3 Å². The summed E-state index contributed by atoms with van der Waals surface area (Å²) in [4.78, 5) is 18.2. The van der Waals surface area contributed by atoms with E-state index >= 15 is 0 Å². The normalized spacial score (nSPS) is 26.8. The largest absolute Gasteiger partial charge is 0.339 e. The molecule has 0 aromatic heterocycles. The topological polar surface area (TPSA) is 23.6 Å². The summed E-state index contributed by atoms with van der Waals surface area (Å²) in [5.74, 6) is 0.385. The van der Waals surface area contributed by atoms with Gasteiger partial charge >= 0.3 is 0 Å². The lowest BCUT2D eigenvalue weighted by molar-refractivity contribution is -0.134. The Hall–Kier alpha value is -1.35. The van der Waals surface area contributed by atoms with Crippen molar-refractivity contribution in [2.75, 3.05) is 13.1 Å². The van der Waals surface area contributed by atoms with Gasteiger partial charge in [-0.1, -0.05) is 30.3 Å². The van der Waals surface area contributed by atoms with E-state index in [2.05, 4.69) is 67.8 Å². The van der Waals surface area contributed by atoms with E-state index < -0.39 is 0 Å². The summed E-state index contributed by atoms with van der Waals surface area (Å²) < 4.78 is 0. The Balaban J connectivity index is 1.90. The van der Waals surface area contributed by atoms with Crippen LogP contribution in [0.1, 0.15) is 65.4 Å². The van der Waals surface area contributed by atoms with Gasteiger partial charge in [0.2, 0.25) is 5.91 Å². The third-order valence-corrected chi connectivity index (χ3v) is 6.33. The molecule has 2 atom stereocenters. The van der Waals surface area contributed by atoms with Gasteiger partial charge in [0.25, 0.3) is 0 Å². The molecule has 2 unspecified atom stereocenters. The van der Waals surface area contributed by atoms with Gasteiger partial charge in [0.1, 0.15) is 0 Å². The van der Waals surface area contributed by atoms with E-state index in [9.17, 15) is 4.79 Å². The lowest BCUT2D eigenvalue weighted by Gasteiger charge is -2.35. The van der Waals surface area contributed by atoms with E-state index in [0.29, 0.717) is 24.0 Å². The van der Waals surface area contributed by atoms with Crippen LogP contribution in [-0.2, 0) is 10.2 Å². The Morgan fingerprint density at radius 1 is 1.12 bits per heavy atom. The summed E-state index contributed by atoms with van der Waals surface area (Å²) in [7, 11) is 0. The maximum absolute atomic E-state index is 13.5. The lowest BCUT2D eigenvalue weighted by atomic mass is 9.74. The molecule has 2 saturated heterocycles. The van der Waals surface area contributed by atoms with E-state index in [0.717, 1.165) is 32.4 Å². The molecule has 2 fully saturated rings. The van der Waals surface area contributed by atoms with Crippen molar-refractivity contribution in [3.8, 4) is 0 Å². The highest BCUT2D eigenvalue weighted by Gasteiger charge is 2.52. The molecule has 3 nitrogen and oxygen atoms in total. The van der Waals surface area contributed by atoms with Crippen molar-refractivity contribution >= 4 is 5.91 Å². The average molecular weight is 343 g/mol. The van der Waals surface area contributed by atoms with Crippen LogP contribution in [-0.4, -0.2) is 46.9 Å². The van der Waals surface area contributed by atoms with Crippen molar-refractivity contribution in [3.63, 3.8) is 0 Å². The summed E-state index contributed by atoms with van der Waals surface area (Å²) >= 11 is 0. The zero-order valence-corrected chi connectivity index (χ0v) is 16.4. The number of fused-ring (bicyclic) bond motifs is 1. The first-order chi connectivity index (χ1) is 12.0. The van der Waals surface area contributed by atoms with Crippen LogP contribution in [0, 0.1) is 0 Å². The Morgan fingerprint density at radius 2 is 1.80 bits per heavy atom. The maximum Gasteiger partial charge on any atom is 0.233 e. The molecule has 0 saturated carbocycles. The second-order valence-electron chi connectivity index (χ2n) is 8.48. The van der Waals surface area contributed by atoms with Crippen molar-refractivity contribution < 1.29 is 4.79 Å². The fraction of sp³-hybridized carbons (Fsp3) is 0.682. The molecular formula is C22H34N2O. The summed E-state index contributed by atoms with van der Waals surface area (Å²) in [5.41, 5.74) is 0.903. The van der Waals surface area contributed by atoms with Crippen LogP contribution in [0.3, 0.4) is 0 Å². The zero-order chi connectivity index (χ0) is 18.0. The van der Waals surface area contributed by atoms with E-state index in [1.54, 1.807) is 0 Å². The molecule has 138 valence electrons. The average Bonchev–Trinajstić information content (AvgIpc) is 2.89. The van der Waals surface area contributed by atoms with Crippen molar-refractivity contribution in [3.05, 3.63) is 35.9 Å². The minimum Gasteiger partial charge on any atom is -0.339 e. The van der Waals surface area contributed by atoms with Gasteiger partial charge in [0, 0.05) is 31.2 Å². The summed E-state index contributed by atoms with van der Waals surface area (Å²) in [6.45, 7) is 11.0. The molecule has 3 rings (SSSR count). The van der Waals surface area contributed by atoms with Gasteiger partial charge in [-0.3, -0.25) is 9.69 Å². The minimum absolute atomic E-state index is 0.321. The monoisotopic (exact) mass is 342 g/mol. The van der Waals surface area contributed by atoms with Gasteiger partial charge in [0.15, 0.2) is 0 Å². The third kappa shape index (κ3) is 3.48. The number of hydrogen-bond donors (Lipinski definition) is 0. The Morgan fingerprint density at radius 3 is 2.40 bits per heavy atom. The maximum atomic E-state index is 13.5. The van der Waals surface area contributed by atoms with E-state index in [1.807, 2.05) is 0 Å². The number of nitrogens with zero attached hydrogens (tertiary/aromatic N) is 2. The van der Waals surface area contributed by atoms with Crippen LogP contribution in [0.15, 0.2) is 30.3 Å². The summed E-state index contributed by atoms with van der Waals surface area (Å²) in [5, 5.41) is 0. The van der Waals surface area contributed by atoms with Gasteiger partial charge < -0.3 is 4.90 Å². The molecule has 2 heterocycles. The smallest absolute Gasteiger partial charge is 0.233 e. The van der Waals surface area contributed by atoms with Crippen LogP contribution in [0.2, 0.25) is 0 Å². The SMILES string of the molecule is CC(C)N(CCC1(c2ccccc2)CC2CCCCN2C1=O)C(C)C. The molecule has 0 aliphatic carbocycles. The molecule has 0 N–H and O–H groups in total. The predicted molar refractivity (Wildman–Crippen MR) is 104 cm³/mol. The number of benzene rings is 1. The molecule has 1 aromatic rings. The van der Waals surface area contributed by atoms with E-state index in [-0.39, 0.29) is 5.41 Å². The third-order valence-electron chi connectivity index (χ3n) is 6.33. The number of piperidine rings is 1. The predicted octanol–water partition coefficient (Wildman–Crippen LogP) is 4.22. The molecule has 1 amide bonds. The van der Waals surface area contributed by atoms with Gasteiger partial charge in [-0.25, -0.2) is 0 Å². The first-order valence-corrected chi connectivity index (χ1v) is 10.1. The highest BCUT2D eigenvalue weighted by molar-refractivity contribution is 5.91. The van der Waals surface area contributed by atoms with Crippen molar-refractivity contribution in [1.82, 2.24) is 9.80 Å². The van der Waals surface area contributed by atoms with Crippen molar-refractivity contribution in [1.29, 1.82) is 0 Å². The van der Waals surface area contributed by atoms with Gasteiger partial charge in [-0.15, -0.1) is 0 Å². The first kappa shape index (κ1) is 18.4.